The van der Waals surface area contributed by atoms with E-state index in [1.807, 2.05) is 6.92 Å². The van der Waals surface area contributed by atoms with E-state index in [-0.39, 0.29) is 17.3 Å². The van der Waals surface area contributed by atoms with Crippen LogP contribution in [0.4, 0.5) is 11.5 Å². The van der Waals surface area contributed by atoms with E-state index in [0.29, 0.717) is 23.6 Å². The highest BCUT2D eigenvalue weighted by Crippen LogP contribution is 2.33. The normalized spacial score (nSPS) is 10.2. The van der Waals surface area contributed by atoms with E-state index in [1.54, 1.807) is 38.2 Å². The molecule has 0 aliphatic carbocycles. The highest BCUT2D eigenvalue weighted by atomic mass is 16.6. The number of para-hydroxylation sites is 1. The zero-order valence-electron chi connectivity index (χ0n) is 12.1. The topological polar surface area (TPSA) is 90.2 Å². The van der Waals surface area contributed by atoms with Crippen molar-refractivity contribution in [2.75, 3.05) is 12.4 Å². The minimum atomic E-state index is -0.453. The van der Waals surface area contributed by atoms with Gasteiger partial charge in [0.2, 0.25) is 11.6 Å². The molecule has 0 spiro atoms. The molecule has 0 atom stereocenters. The molecule has 0 saturated carbocycles. The lowest BCUT2D eigenvalue weighted by atomic mass is 10.2. The smallest absolute Gasteiger partial charge is 0.314 e. The third-order valence-corrected chi connectivity index (χ3v) is 2.92. The molecule has 0 aliphatic heterocycles. The van der Waals surface area contributed by atoms with Gasteiger partial charge in [-0.25, -0.2) is 4.98 Å². The minimum absolute atomic E-state index is 0.0554. The Bertz CT molecular complexity index is 651. The fourth-order valence-electron chi connectivity index (χ4n) is 1.87. The number of aryl methyl sites for hydroxylation is 2. The summed E-state index contributed by atoms with van der Waals surface area (Å²) in [5.41, 5.74) is 0.483. The van der Waals surface area contributed by atoms with Gasteiger partial charge in [-0.2, -0.15) is 4.98 Å². The van der Waals surface area contributed by atoms with Crippen molar-refractivity contribution in [1.82, 2.24) is 9.97 Å². The van der Waals surface area contributed by atoms with Gasteiger partial charge in [0.05, 0.1) is 4.92 Å². The summed E-state index contributed by atoms with van der Waals surface area (Å²) in [5, 5.41) is 14.1. The Hall–Kier alpha value is -2.70. The summed E-state index contributed by atoms with van der Waals surface area (Å²) in [5.74, 6) is 1.65. The van der Waals surface area contributed by atoms with E-state index < -0.39 is 4.92 Å². The van der Waals surface area contributed by atoms with Crippen molar-refractivity contribution in [1.29, 1.82) is 0 Å². The van der Waals surface area contributed by atoms with E-state index in [1.165, 1.54) is 0 Å². The van der Waals surface area contributed by atoms with E-state index in [9.17, 15) is 10.1 Å². The zero-order valence-corrected chi connectivity index (χ0v) is 12.1. The molecule has 0 aliphatic rings. The first-order valence-electron chi connectivity index (χ1n) is 6.52. The summed E-state index contributed by atoms with van der Waals surface area (Å²) in [6, 6.07) is 6.53. The molecule has 0 saturated heterocycles. The second-order valence-corrected chi connectivity index (χ2v) is 4.39. The number of ether oxygens (including phenoxy) is 1. The Morgan fingerprint density at radius 2 is 2.14 bits per heavy atom. The number of hydrogen-bond donors (Lipinski definition) is 1. The average molecular weight is 288 g/mol. The van der Waals surface area contributed by atoms with Crippen LogP contribution in [0.5, 0.6) is 11.6 Å². The number of nitro benzene ring substituents is 1. The van der Waals surface area contributed by atoms with Crippen molar-refractivity contribution < 1.29 is 9.66 Å². The maximum atomic E-state index is 11.2. The van der Waals surface area contributed by atoms with Crippen molar-refractivity contribution >= 4 is 11.5 Å². The van der Waals surface area contributed by atoms with Gasteiger partial charge in [-0.1, -0.05) is 19.1 Å². The first-order chi connectivity index (χ1) is 10.0. The lowest BCUT2D eigenvalue weighted by Gasteiger charge is -2.09. The number of aromatic nitrogens is 2. The van der Waals surface area contributed by atoms with Gasteiger partial charge in [-0.15, -0.1) is 0 Å². The maximum absolute atomic E-state index is 11.2. The summed E-state index contributed by atoms with van der Waals surface area (Å²) in [4.78, 5) is 19.2. The number of nitro groups is 1. The summed E-state index contributed by atoms with van der Waals surface area (Å²) >= 11 is 0. The number of rotatable bonds is 5. The van der Waals surface area contributed by atoms with Gasteiger partial charge >= 0.3 is 5.69 Å². The maximum Gasteiger partial charge on any atom is 0.314 e. The van der Waals surface area contributed by atoms with Crippen LogP contribution in [-0.2, 0) is 6.42 Å². The highest BCUT2D eigenvalue weighted by Gasteiger charge is 2.19. The monoisotopic (exact) mass is 288 g/mol. The van der Waals surface area contributed by atoms with Gasteiger partial charge in [0.1, 0.15) is 11.6 Å². The molecule has 0 amide bonds. The van der Waals surface area contributed by atoms with Gasteiger partial charge in [0, 0.05) is 25.1 Å². The van der Waals surface area contributed by atoms with E-state index in [0.717, 1.165) is 0 Å². The van der Waals surface area contributed by atoms with Crippen LogP contribution < -0.4 is 10.1 Å². The third kappa shape index (κ3) is 3.25. The Morgan fingerprint density at radius 3 is 2.76 bits per heavy atom. The first kappa shape index (κ1) is 14.7. The third-order valence-electron chi connectivity index (χ3n) is 2.92. The van der Waals surface area contributed by atoms with Crippen LogP contribution >= 0.6 is 0 Å². The molecular formula is C14H16N4O3. The second kappa shape index (κ2) is 6.17. The molecule has 0 unspecified atom stereocenters. The SMILES string of the molecule is CCc1nc(NC)cc(Oc2cccc(C)c2[N+](=O)[O-])n1. The molecule has 0 radical (unpaired) electrons. The zero-order chi connectivity index (χ0) is 15.4. The molecule has 1 aromatic heterocycles. The van der Waals surface area contributed by atoms with Gasteiger partial charge in [-0.05, 0) is 13.0 Å². The number of nitrogens with zero attached hydrogens (tertiary/aromatic N) is 3. The summed E-state index contributed by atoms with van der Waals surface area (Å²) in [6.45, 7) is 3.59. The molecule has 1 heterocycles. The number of anilines is 1. The molecular weight excluding hydrogens is 272 g/mol. The van der Waals surface area contributed by atoms with Crippen molar-refractivity contribution in [2.24, 2.45) is 0 Å². The molecule has 21 heavy (non-hydrogen) atoms. The molecule has 0 fully saturated rings. The summed E-state index contributed by atoms with van der Waals surface area (Å²) in [6.07, 6.45) is 0.641. The molecule has 1 aromatic carbocycles. The Morgan fingerprint density at radius 1 is 1.38 bits per heavy atom. The largest absolute Gasteiger partial charge is 0.432 e. The lowest BCUT2D eigenvalue weighted by molar-refractivity contribution is -0.386. The highest BCUT2D eigenvalue weighted by molar-refractivity contribution is 5.53. The first-order valence-corrected chi connectivity index (χ1v) is 6.52. The minimum Gasteiger partial charge on any atom is -0.432 e. The van der Waals surface area contributed by atoms with Gasteiger partial charge in [0.15, 0.2) is 0 Å². The van der Waals surface area contributed by atoms with Gasteiger partial charge < -0.3 is 10.1 Å². The van der Waals surface area contributed by atoms with Crippen LogP contribution in [0.25, 0.3) is 0 Å². The summed E-state index contributed by atoms with van der Waals surface area (Å²) < 4.78 is 5.60. The molecule has 0 bridgehead atoms. The standard InChI is InChI=1S/C14H16N4O3/c1-4-11-16-12(15-3)8-13(17-11)21-10-7-5-6-9(2)14(10)18(19)20/h5-8H,4H2,1-3H3,(H,15,16,17). The molecule has 7 heteroatoms. The number of hydrogen-bond acceptors (Lipinski definition) is 6. The van der Waals surface area contributed by atoms with Gasteiger partial charge in [0.25, 0.3) is 0 Å². The molecule has 110 valence electrons. The quantitative estimate of drug-likeness (QED) is 0.671. The molecule has 2 rings (SSSR count). The molecule has 1 N–H and O–H groups in total. The van der Waals surface area contributed by atoms with E-state index in [2.05, 4.69) is 15.3 Å². The van der Waals surface area contributed by atoms with Crippen molar-refractivity contribution in [3.63, 3.8) is 0 Å². The fourth-order valence-corrected chi connectivity index (χ4v) is 1.87. The predicted molar refractivity (Wildman–Crippen MR) is 78.9 cm³/mol. The van der Waals surface area contributed by atoms with Gasteiger partial charge in [-0.3, -0.25) is 10.1 Å². The van der Waals surface area contributed by atoms with Crippen molar-refractivity contribution in [3.8, 4) is 11.6 Å². The average Bonchev–Trinajstić information content (AvgIpc) is 2.46. The van der Waals surface area contributed by atoms with Crippen LogP contribution in [0.3, 0.4) is 0 Å². The van der Waals surface area contributed by atoms with Crippen LogP contribution in [0.2, 0.25) is 0 Å². The Labute approximate surface area is 122 Å². The van der Waals surface area contributed by atoms with Crippen molar-refractivity contribution in [3.05, 3.63) is 45.8 Å². The fraction of sp³-hybridized carbons (Fsp3) is 0.286. The molecule has 2 aromatic rings. The van der Waals surface area contributed by atoms with E-state index >= 15 is 0 Å². The summed E-state index contributed by atoms with van der Waals surface area (Å²) in [7, 11) is 1.74. The number of benzene rings is 1. The van der Waals surface area contributed by atoms with Crippen LogP contribution in [-0.4, -0.2) is 21.9 Å². The van der Waals surface area contributed by atoms with Crippen LogP contribution in [0.15, 0.2) is 24.3 Å². The number of nitrogens with one attached hydrogen (secondary N) is 1. The van der Waals surface area contributed by atoms with Crippen molar-refractivity contribution in [2.45, 2.75) is 20.3 Å². The molecule has 7 nitrogen and oxygen atoms in total. The Balaban J connectivity index is 2.43. The predicted octanol–water partition coefficient (Wildman–Crippen LogP) is 3.09. The Kier molecular flexibility index (Phi) is 4.32. The lowest BCUT2D eigenvalue weighted by Crippen LogP contribution is -2.02. The second-order valence-electron chi connectivity index (χ2n) is 4.39. The van der Waals surface area contributed by atoms with E-state index in [4.69, 9.17) is 4.74 Å². The van der Waals surface area contributed by atoms with Crippen LogP contribution in [0.1, 0.15) is 18.3 Å². The van der Waals surface area contributed by atoms with Crippen LogP contribution in [0, 0.1) is 17.0 Å².